The summed E-state index contributed by atoms with van der Waals surface area (Å²) in [6.45, 7) is 2.46. The van der Waals surface area contributed by atoms with Crippen LogP contribution in [0.15, 0.2) is 35.8 Å². The van der Waals surface area contributed by atoms with E-state index >= 15 is 0 Å². The third kappa shape index (κ3) is 2.43. The summed E-state index contributed by atoms with van der Waals surface area (Å²) < 4.78 is 0. The second-order valence-corrected chi connectivity index (χ2v) is 9.42. The van der Waals surface area contributed by atoms with Gasteiger partial charge in [-0.1, -0.05) is 48.6 Å². The number of carbonyl (C=O) groups excluding carboxylic acids is 1. The molecule has 0 radical (unpaired) electrons. The van der Waals surface area contributed by atoms with Crippen LogP contribution in [0.3, 0.4) is 0 Å². The van der Waals surface area contributed by atoms with Crippen LogP contribution in [0.2, 0.25) is 0 Å². The van der Waals surface area contributed by atoms with E-state index in [2.05, 4.69) is 52.8 Å². The molecule has 5 heteroatoms. The number of anilines is 1. The largest absolute Gasteiger partial charge is 0.301 e. The van der Waals surface area contributed by atoms with E-state index in [0.717, 1.165) is 17.8 Å². The van der Waals surface area contributed by atoms with Crippen LogP contribution in [0.4, 0.5) is 5.13 Å². The van der Waals surface area contributed by atoms with Crippen LogP contribution < -0.4 is 5.32 Å². The van der Waals surface area contributed by atoms with E-state index in [1.54, 1.807) is 5.51 Å². The first-order valence-electron chi connectivity index (χ1n) is 9.78. The maximum absolute atomic E-state index is 13.0. The highest BCUT2D eigenvalue weighted by atomic mass is 32.1. The molecular weight excluding hydrogens is 342 g/mol. The Morgan fingerprint density at radius 2 is 1.81 bits per heavy atom. The minimum atomic E-state index is -0.0107. The van der Waals surface area contributed by atoms with Gasteiger partial charge in [0.1, 0.15) is 5.51 Å². The molecule has 4 saturated carbocycles. The molecule has 0 spiro atoms. The predicted molar refractivity (Wildman–Crippen MR) is 103 cm³/mol. The Morgan fingerprint density at radius 3 is 2.38 bits per heavy atom. The van der Waals surface area contributed by atoms with Gasteiger partial charge in [-0.25, -0.2) is 0 Å². The number of hydrogen-bond donors (Lipinski definition) is 1. The van der Waals surface area contributed by atoms with E-state index < -0.39 is 0 Å². The van der Waals surface area contributed by atoms with E-state index in [9.17, 15) is 4.79 Å². The summed E-state index contributed by atoms with van der Waals surface area (Å²) in [7, 11) is 0. The van der Waals surface area contributed by atoms with E-state index in [4.69, 9.17) is 0 Å². The van der Waals surface area contributed by atoms with Crippen molar-refractivity contribution in [2.75, 3.05) is 5.32 Å². The third-order valence-electron chi connectivity index (χ3n) is 7.66. The normalized spacial score (nSPS) is 37.7. The fourth-order valence-corrected chi connectivity index (χ4v) is 6.99. The number of hydrogen-bond acceptors (Lipinski definition) is 4. The first kappa shape index (κ1) is 16.4. The zero-order chi connectivity index (χ0) is 17.7. The lowest BCUT2D eigenvalue weighted by Gasteiger charge is -2.63. The van der Waals surface area contributed by atoms with E-state index in [1.807, 2.05) is 0 Å². The average molecular weight is 368 g/mol. The van der Waals surface area contributed by atoms with Gasteiger partial charge in [-0.3, -0.25) is 4.79 Å². The third-order valence-corrected chi connectivity index (χ3v) is 8.27. The summed E-state index contributed by atoms with van der Waals surface area (Å²) in [6.07, 6.45) is 5.72. The van der Waals surface area contributed by atoms with Crippen molar-refractivity contribution in [1.29, 1.82) is 0 Å². The van der Waals surface area contributed by atoms with Crippen LogP contribution in [-0.4, -0.2) is 16.1 Å². The Bertz CT molecular complexity index is 759. The average Bonchev–Trinajstić information content (AvgIpc) is 3.13. The van der Waals surface area contributed by atoms with E-state index in [1.165, 1.54) is 42.6 Å². The highest BCUT2D eigenvalue weighted by Gasteiger charge is 2.60. The van der Waals surface area contributed by atoms with Crippen molar-refractivity contribution in [3.8, 4) is 0 Å². The highest BCUT2D eigenvalue weighted by molar-refractivity contribution is 7.13. The standard InChI is InChI=1S/C21H25N3OS/c1-13-14-7-17-9-15(13)10-18(8-14)21(17,16-5-3-2-4-6-16)11-19(25)23-20-24-22-12-26-20/h2-6,12-15,17-18H,7-11H2,1H3,(H,23,24,25). The van der Waals surface area contributed by atoms with Gasteiger partial charge in [0, 0.05) is 11.8 Å². The second kappa shape index (κ2) is 6.15. The molecule has 0 unspecified atom stereocenters. The molecule has 1 N–H and O–H groups in total. The molecule has 4 bridgehead atoms. The van der Waals surface area contributed by atoms with Crippen LogP contribution in [0.25, 0.3) is 0 Å². The predicted octanol–water partition coefficient (Wildman–Crippen LogP) is 4.51. The van der Waals surface area contributed by atoms with Crippen molar-refractivity contribution in [3.63, 3.8) is 0 Å². The first-order chi connectivity index (χ1) is 12.7. The van der Waals surface area contributed by atoms with Crippen LogP contribution in [-0.2, 0) is 10.2 Å². The number of benzene rings is 1. The van der Waals surface area contributed by atoms with Gasteiger partial charge in [0.25, 0.3) is 0 Å². The van der Waals surface area contributed by atoms with Gasteiger partial charge < -0.3 is 5.32 Å². The van der Waals surface area contributed by atoms with E-state index in [-0.39, 0.29) is 11.3 Å². The molecule has 4 aliphatic rings. The molecule has 136 valence electrons. The van der Waals surface area contributed by atoms with Crippen molar-refractivity contribution < 1.29 is 4.79 Å². The fraction of sp³-hybridized carbons (Fsp3) is 0.571. The maximum atomic E-state index is 13.0. The highest BCUT2D eigenvalue weighted by Crippen LogP contribution is 2.65. The topological polar surface area (TPSA) is 54.9 Å². The molecule has 1 aromatic carbocycles. The minimum Gasteiger partial charge on any atom is -0.301 e. The molecule has 4 aliphatic carbocycles. The Morgan fingerprint density at radius 1 is 1.15 bits per heavy atom. The molecule has 0 aliphatic heterocycles. The number of aromatic nitrogens is 2. The molecule has 4 nitrogen and oxygen atoms in total. The lowest BCUT2D eigenvalue weighted by molar-refractivity contribution is -0.128. The molecule has 0 atom stereocenters. The van der Waals surface area contributed by atoms with Crippen LogP contribution >= 0.6 is 11.3 Å². The van der Waals surface area contributed by atoms with Crippen molar-refractivity contribution in [1.82, 2.24) is 10.2 Å². The molecule has 6 rings (SSSR count). The van der Waals surface area contributed by atoms with Gasteiger partial charge in [-0.2, -0.15) is 0 Å². The lowest BCUT2D eigenvalue weighted by Crippen LogP contribution is -2.59. The summed E-state index contributed by atoms with van der Waals surface area (Å²) in [5.41, 5.74) is 3.02. The van der Waals surface area contributed by atoms with Crippen molar-refractivity contribution in [2.45, 2.75) is 44.4 Å². The van der Waals surface area contributed by atoms with Gasteiger partial charge in [0.15, 0.2) is 0 Å². The van der Waals surface area contributed by atoms with Crippen LogP contribution in [0, 0.1) is 29.6 Å². The SMILES string of the molecule is CC1C2CC3CC1CC(C2)C3(CC(=O)Nc1nncs1)c1ccccc1. The zero-order valence-corrected chi connectivity index (χ0v) is 15.9. The van der Waals surface area contributed by atoms with Gasteiger partial charge >= 0.3 is 0 Å². The maximum Gasteiger partial charge on any atom is 0.227 e. The van der Waals surface area contributed by atoms with Crippen molar-refractivity contribution >= 4 is 22.4 Å². The van der Waals surface area contributed by atoms with Crippen molar-refractivity contribution in [3.05, 3.63) is 41.4 Å². The summed E-state index contributed by atoms with van der Waals surface area (Å²) >= 11 is 1.38. The van der Waals surface area contributed by atoms with Crippen molar-refractivity contribution in [2.24, 2.45) is 29.6 Å². The summed E-state index contributed by atoms with van der Waals surface area (Å²) in [4.78, 5) is 13.0. The number of nitrogens with zero attached hydrogens (tertiary/aromatic N) is 2. The summed E-state index contributed by atoms with van der Waals surface area (Å²) in [5, 5.41) is 11.4. The first-order valence-corrected chi connectivity index (χ1v) is 10.7. The molecule has 1 aromatic heterocycles. The molecular formula is C21H25N3OS. The van der Waals surface area contributed by atoms with Crippen LogP contribution in [0.1, 0.15) is 44.6 Å². The Labute approximate surface area is 158 Å². The molecule has 0 saturated heterocycles. The number of rotatable bonds is 4. The Kier molecular flexibility index (Phi) is 3.89. The molecule has 2 aromatic rings. The molecule has 4 fully saturated rings. The smallest absolute Gasteiger partial charge is 0.227 e. The van der Waals surface area contributed by atoms with Gasteiger partial charge in [0.2, 0.25) is 11.0 Å². The Hall–Kier alpha value is -1.75. The second-order valence-electron chi connectivity index (χ2n) is 8.59. The molecule has 1 heterocycles. The van der Waals surface area contributed by atoms with Gasteiger partial charge in [-0.15, -0.1) is 10.2 Å². The van der Waals surface area contributed by atoms with E-state index in [0.29, 0.717) is 23.4 Å². The quantitative estimate of drug-likeness (QED) is 0.865. The fourth-order valence-electron chi connectivity index (χ4n) is 6.53. The number of nitrogens with one attached hydrogen (secondary N) is 1. The Balaban J connectivity index is 1.50. The lowest BCUT2D eigenvalue weighted by atomic mass is 9.41. The van der Waals surface area contributed by atoms with Gasteiger partial charge in [0.05, 0.1) is 0 Å². The minimum absolute atomic E-state index is 0.0107. The van der Waals surface area contributed by atoms with Gasteiger partial charge in [-0.05, 0) is 60.8 Å². The number of carbonyl (C=O) groups is 1. The molecule has 1 amide bonds. The number of amides is 1. The summed E-state index contributed by atoms with van der Waals surface area (Å²) in [5.74, 6) is 3.94. The van der Waals surface area contributed by atoms with Crippen LogP contribution in [0.5, 0.6) is 0 Å². The monoisotopic (exact) mass is 367 g/mol. The summed E-state index contributed by atoms with van der Waals surface area (Å²) in [6, 6.07) is 10.9. The molecule has 26 heavy (non-hydrogen) atoms. The zero-order valence-electron chi connectivity index (χ0n) is 15.1.